The fraction of sp³-hybridized carbons (Fsp3) is 0.200. The largest absolute Gasteiger partial charge is 0.388 e. The van der Waals surface area contributed by atoms with Crippen LogP contribution in [0.2, 0.25) is 0 Å². The lowest BCUT2D eigenvalue weighted by Crippen LogP contribution is -2.05. The number of Topliss-reactive ketones (excluding diaryl/α,β-unsaturated/α-hetero) is 1. The number of rotatable bonds is 2. The second kappa shape index (κ2) is 2.41. The molecule has 4 nitrogen and oxygen atoms in total. The first-order valence-electron chi connectivity index (χ1n) is 2.48. The van der Waals surface area contributed by atoms with E-state index >= 15 is 0 Å². The number of nitrogens with zero attached hydrogens (tertiary/aromatic N) is 1. The summed E-state index contributed by atoms with van der Waals surface area (Å²) >= 11 is 0. The fourth-order valence-electron chi connectivity index (χ4n) is 0.493. The fourth-order valence-corrected chi connectivity index (χ4v) is 0.493. The average Bonchev–Trinajstić information content (AvgIpc) is 2.37. The summed E-state index contributed by atoms with van der Waals surface area (Å²) in [6, 6.07) is 0. The van der Waals surface area contributed by atoms with Crippen molar-refractivity contribution in [2.45, 2.75) is 0 Å². The lowest BCUT2D eigenvalue weighted by Gasteiger charge is -1.85. The zero-order valence-electron chi connectivity index (χ0n) is 4.66. The van der Waals surface area contributed by atoms with Crippen molar-refractivity contribution >= 4 is 5.78 Å². The number of carbonyl (C=O) groups excluding carboxylic acids is 1. The number of nitrogens with one attached hydrogen (secondary N) is 1. The van der Waals surface area contributed by atoms with E-state index < -0.39 is 6.61 Å². The number of aliphatic hydroxyl groups is 1. The Morgan fingerprint density at radius 1 is 1.89 bits per heavy atom. The number of H-pyrrole nitrogens is 1. The molecule has 1 heterocycles. The van der Waals surface area contributed by atoms with Gasteiger partial charge in [-0.3, -0.25) is 4.79 Å². The minimum Gasteiger partial charge on any atom is -0.388 e. The van der Waals surface area contributed by atoms with Crippen LogP contribution >= 0.6 is 0 Å². The molecule has 0 saturated carbocycles. The Morgan fingerprint density at radius 2 is 2.67 bits per heavy atom. The van der Waals surface area contributed by atoms with Gasteiger partial charge in [-0.1, -0.05) is 0 Å². The van der Waals surface area contributed by atoms with Gasteiger partial charge in [0.15, 0.2) is 5.82 Å². The Hall–Kier alpha value is -1.16. The van der Waals surface area contributed by atoms with Crippen molar-refractivity contribution in [1.29, 1.82) is 0 Å². The van der Waals surface area contributed by atoms with Gasteiger partial charge in [0, 0.05) is 12.4 Å². The third kappa shape index (κ3) is 1.14. The third-order valence-electron chi connectivity index (χ3n) is 0.906. The summed E-state index contributed by atoms with van der Waals surface area (Å²) in [5, 5.41) is 8.30. The second-order valence-electron chi connectivity index (χ2n) is 1.52. The second-order valence-corrected chi connectivity index (χ2v) is 1.52. The molecule has 0 aromatic carbocycles. The molecule has 0 unspecified atom stereocenters. The van der Waals surface area contributed by atoms with E-state index in [0.717, 1.165) is 0 Å². The van der Waals surface area contributed by atoms with Gasteiger partial charge in [0.05, 0.1) is 0 Å². The predicted molar refractivity (Wildman–Crippen MR) is 30.0 cm³/mol. The van der Waals surface area contributed by atoms with Gasteiger partial charge >= 0.3 is 0 Å². The molecule has 0 aliphatic rings. The average molecular weight is 126 g/mol. The topological polar surface area (TPSA) is 66.0 Å². The maximum Gasteiger partial charge on any atom is 0.223 e. The zero-order chi connectivity index (χ0) is 6.69. The van der Waals surface area contributed by atoms with Crippen LogP contribution in [-0.4, -0.2) is 27.5 Å². The number of carbonyl (C=O) groups is 1. The molecule has 1 aromatic heterocycles. The van der Waals surface area contributed by atoms with Crippen LogP contribution in [0, 0.1) is 0 Å². The lowest BCUT2D eigenvalue weighted by molar-refractivity contribution is 0.0894. The smallest absolute Gasteiger partial charge is 0.223 e. The summed E-state index contributed by atoms with van der Waals surface area (Å²) in [4.78, 5) is 16.7. The molecule has 4 heteroatoms. The summed E-state index contributed by atoms with van der Waals surface area (Å²) in [5.74, 6) is -0.183. The summed E-state index contributed by atoms with van der Waals surface area (Å²) in [7, 11) is 0. The molecule has 0 bridgehead atoms. The maximum atomic E-state index is 10.5. The zero-order valence-corrected chi connectivity index (χ0v) is 4.66. The number of hydrogen-bond acceptors (Lipinski definition) is 3. The Labute approximate surface area is 51.5 Å². The summed E-state index contributed by atoms with van der Waals surface area (Å²) in [5.41, 5.74) is 0. The molecule has 0 radical (unpaired) electrons. The summed E-state index contributed by atoms with van der Waals surface area (Å²) in [6.45, 7) is -0.493. The van der Waals surface area contributed by atoms with Gasteiger partial charge in [-0.05, 0) is 0 Å². The van der Waals surface area contributed by atoms with Gasteiger partial charge in [-0.25, -0.2) is 4.98 Å². The summed E-state index contributed by atoms with van der Waals surface area (Å²) < 4.78 is 0. The first kappa shape index (κ1) is 5.97. The molecule has 48 valence electrons. The van der Waals surface area contributed by atoms with Crippen LogP contribution in [0.3, 0.4) is 0 Å². The predicted octanol–water partition coefficient (Wildman–Crippen LogP) is -0.415. The van der Waals surface area contributed by atoms with Crippen LogP contribution < -0.4 is 0 Å². The molecule has 1 rings (SSSR count). The number of imidazole rings is 1. The first-order valence-corrected chi connectivity index (χ1v) is 2.48. The molecular formula is C5H6N2O2. The molecular weight excluding hydrogens is 120 g/mol. The number of aromatic nitrogens is 2. The number of aliphatic hydroxyl groups excluding tert-OH is 1. The molecule has 0 aliphatic carbocycles. The Balaban J connectivity index is 2.77. The normalized spacial score (nSPS) is 9.44. The van der Waals surface area contributed by atoms with Crippen LogP contribution in [0.4, 0.5) is 0 Å². The SMILES string of the molecule is O=C(CO)c1ncc[nH]1. The monoisotopic (exact) mass is 126 g/mol. The van der Waals surface area contributed by atoms with Crippen LogP contribution in [0.5, 0.6) is 0 Å². The Morgan fingerprint density at radius 3 is 3.11 bits per heavy atom. The minimum absolute atomic E-state index is 0.206. The highest BCUT2D eigenvalue weighted by Crippen LogP contribution is 1.87. The molecule has 0 saturated heterocycles. The van der Waals surface area contributed by atoms with Crippen molar-refractivity contribution in [3.05, 3.63) is 18.2 Å². The number of hydrogen-bond donors (Lipinski definition) is 2. The maximum absolute atomic E-state index is 10.5. The van der Waals surface area contributed by atoms with E-state index in [9.17, 15) is 4.79 Å². The first-order chi connectivity index (χ1) is 4.34. The van der Waals surface area contributed by atoms with Crippen molar-refractivity contribution in [2.75, 3.05) is 6.61 Å². The van der Waals surface area contributed by atoms with Crippen LogP contribution in [0.15, 0.2) is 12.4 Å². The number of aromatic amines is 1. The molecule has 2 N–H and O–H groups in total. The van der Waals surface area contributed by atoms with Crippen molar-refractivity contribution < 1.29 is 9.90 Å². The van der Waals surface area contributed by atoms with Gasteiger partial charge in [-0.2, -0.15) is 0 Å². The molecule has 0 amide bonds. The molecule has 0 atom stereocenters. The van der Waals surface area contributed by atoms with E-state index in [1.807, 2.05) is 0 Å². The quantitative estimate of drug-likeness (QED) is 0.529. The minimum atomic E-state index is -0.493. The van der Waals surface area contributed by atoms with Crippen LogP contribution in [-0.2, 0) is 0 Å². The van der Waals surface area contributed by atoms with Crippen LogP contribution in [0.25, 0.3) is 0 Å². The Kier molecular flexibility index (Phi) is 1.60. The van der Waals surface area contributed by atoms with Crippen molar-refractivity contribution in [3.63, 3.8) is 0 Å². The van der Waals surface area contributed by atoms with Crippen molar-refractivity contribution in [1.82, 2.24) is 9.97 Å². The van der Waals surface area contributed by atoms with E-state index in [-0.39, 0.29) is 11.6 Å². The van der Waals surface area contributed by atoms with E-state index in [1.165, 1.54) is 12.4 Å². The van der Waals surface area contributed by atoms with E-state index in [2.05, 4.69) is 9.97 Å². The number of ketones is 1. The van der Waals surface area contributed by atoms with Gasteiger partial charge in [0.25, 0.3) is 0 Å². The van der Waals surface area contributed by atoms with E-state index in [0.29, 0.717) is 0 Å². The highest BCUT2D eigenvalue weighted by Gasteiger charge is 2.03. The Bertz CT molecular complexity index is 193. The van der Waals surface area contributed by atoms with Gasteiger partial charge < -0.3 is 10.1 Å². The van der Waals surface area contributed by atoms with Crippen molar-refractivity contribution in [3.8, 4) is 0 Å². The van der Waals surface area contributed by atoms with Gasteiger partial charge in [0.1, 0.15) is 6.61 Å². The summed E-state index contributed by atoms with van der Waals surface area (Å²) in [6.07, 6.45) is 2.99. The van der Waals surface area contributed by atoms with Crippen LogP contribution in [0.1, 0.15) is 10.6 Å². The molecule has 1 aromatic rings. The van der Waals surface area contributed by atoms with Crippen molar-refractivity contribution in [2.24, 2.45) is 0 Å². The standard InChI is InChI=1S/C5H6N2O2/c8-3-4(9)5-6-1-2-7-5/h1-2,8H,3H2,(H,6,7). The highest BCUT2D eigenvalue weighted by atomic mass is 16.3. The van der Waals surface area contributed by atoms with E-state index in [1.54, 1.807) is 0 Å². The molecule has 0 fully saturated rings. The van der Waals surface area contributed by atoms with E-state index in [4.69, 9.17) is 5.11 Å². The molecule has 0 aliphatic heterocycles. The molecule has 9 heavy (non-hydrogen) atoms. The van der Waals surface area contributed by atoms with Gasteiger partial charge in [-0.15, -0.1) is 0 Å². The highest BCUT2D eigenvalue weighted by molar-refractivity contribution is 5.93. The third-order valence-corrected chi connectivity index (χ3v) is 0.906. The van der Waals surface area contributed by atoms with Gasteiger partial charge in [0.2, 0.25) is 5.78 Å². The molecule has 0 spiro atoms. The lowest BCUT2D eigenvalue weighted by atomic mass is 10.4.